The monoisotopic (exact) mass is 240 g/mol. The summed E-state index contributed by atoms with van der Waals surface area (Å²) in [5, 5.41) is 6.86. The second-order valence-corrected chi connectivity index (χ2v) is 3.79. The standard InChI is InChI=1S/C9H10F2N6/c1-16-7(13-4-14-16)8-15-5-2-12-3-6(5)17(8)9(10)11/h4,9,12H,2-3H2,1H3. The molecule has 0 aliphatic carbocycles. The molecule has 0 fully saturated rings. The van der Waals surface area contributed by atoms with Crippen molar-refractivity contribution >= 4 is 0 Å². The predicted octanol–water partition coefficient (Wildman–Crippen LogP) is 0.677. The zero-order valence-electron chi connectivity index (χ0n) is 9.06. The van der Waals surface area contributed by atoms with Gasteiger partial charge in [-0.3, -0.25) is 4.57 Å². The lowest BCUT2D eigenvalue weighted by Crippen LogP contribution is -2.11. The van der Waals surface area contributed by atoms with Crippen molar-refractivity contribution in [2.45, 2.75) is 19.6 Å². The second kappa shape index (κ2) is 3.59. The maximum absolute atomic E-state index is 13.1. The van der Waals surface area contributed by atoms with E-state index in [0.717, 1.165) is 4.57 Å². The van der Waals surface area contributed by atoms with E-state index in [9.17, 15) is 8.78 Å². The highest BCUT2D eigenvalue weighted by atomic mass is 19.3. The van der Waals surface area contributed by atoms with Crippen LogP contribution in [0.15, 0.2) is 6.33 Å². The predicted molar refractivity (Wildman–Crippen MR) is 54.0 cm³/mol. The molecule has 1 aliphatic heterocycles. The van der Waals surface area contributed by atoms with Crippen LogP contribution in [0.2, 0.25) is 0 Å². The van der Waals surface area contributed by atoms with E-state index in [-0.39, 0.29) is 5.82 Å². The fourth-order valence-electron chi connectivity index (χ4n) is 2.01. The number of aryl methyl sites for hydroxylation is 1. The van der Waals surface area contributed by atoms with Crippen LogP contribution in [0.3, 0.4) is 0 Å². The number of halogens is 2. The lowest BCUT2D eigenvalue weighted by atomic mass is 10.4. The molecule has 0 spiro atoms. The quantitative estimate of drug-likeness (QED) is 0.838. The van der Waals surface area contributed by atoms with Crippen LogP contribution in [0.25, 0.3) is 11.6 Å². The average Bonchev–Trinajstić information content (AvgIpc) is 2.89. The van der Waals surface area contributed by atoms with E-state index >= 15 is 0 Å². The Balaban J connectivity index is 2.21. The fourth-order valence-corrected chi connectivity index (χ4v) is 2.01. The van der Waals surface area contributed by atoms with Crippen molar-refractivity contribution in [2.75, 3.05) is 0 Å². The first-order valence-electron chi connectivity index (χ1n) is 5.11. The topological polar surface area (TPSA) is 60.6 Å². The number of hydrogen-bond donors (Lipinski definition) is 1. The highest BCUT2D eigenvalue weighted by Gasteiger charge is 2.28. The van der Waals surface area contributed by atoms with Gasteiger partial charge in [0.25, 0.3) is 0 Å². The lowest BCUT2D eigenvalue weighted by Gasteiger charge is -2.08. The largest absolute Gasteiger partial charge is 0.320 e. The number of hydrogen-bond acceptors (Lipinski definition) is 4. The van der Waals surface area contributed by atoms with Crippen molar-refractivity contribution in [3.8, 4) is 11.6 Å². The van der Waals surface area contributed by atoms with E-state index in [1.54, 1.807) is 7.05 Å². The van der Waals surface area contributed by atoms with Crippen LogP contribution in [0.4, 0.5) is 8.78 Å². The first kappa shape index (κ1) is 10.3. The third-order valence-corrected chi connectivity index (χ3v) is 2.78. The Hall–Kier alpha value is -1.83. The van der Waals surface area contributed by atoms with Crippen LogP contribution in [0, 0.1) is 0 Å². The molecular weight excluding hydrogens is 230 g/mol. The van der Waals surface area contributed by atoms with Crippen molar-refractivity contribution in [1.29, 1.82) is 0 Å². The molecule has 0 aromatic carbocycles. The first-order valence-corrected chi connectivity index (χ1v) is 5.11. The van der Waals surface area contributed by atoms with Crippen LogP contribution < -0.4 is 5.32 Å². The Bertz CT molecular complexity index is 558. The number of imidazole rings is 1. The minimum atomic E-state index is -2.63. The first-order chi connectivity index (χ1) is 8.18. The van der Waals surface area contributed by atoms with Crippen LogP contribution in [0.1, 0.15) is 17.9 Å². The van der Waals surface area contributed by atoms with E-state index in [1.165, 1.54) is 11.0 Å². The van der Waals surface area contributed by atoms with Gasteiger partial charge in [0, 0.05) is 20.1 Å². The fraction of sp³-hybridized carbons (Fsp3) is 0.444. The van der Waals surface area contributed by atoms with Crippen LogP contribution in [-0.4, -0.2) is 24.3 Å². The van der Waals surface area contributed by atoms with Gasteiger partial charge in [-0.05, 0) is 0 Å². The number of fused-ring (bicyclic) bond motifs is 1. The summed E-state index contributed by atoms with van der Waals surface area (Å²) in [6.07, 6.45) is 1.32. The van der Waals surface area contributed by atoms with E-state index in [0.29, 0.717) is 30.3 Å². The summed E-state index contributed by atoms with van der Waals surface area (Å²) < 4.78 is 28.5. The second-order valence-electron chi connectivity index (χ2n) is 3.79. The van der Waals surface area contributed by atoms with E-state index in [1.807, 2.05) is 0 Å². The van der Waals surface area contributed by atoms with Gasteiger partial charge in [0.05, 0.1) is 11.4 Å². The number of alkyl halides is 2. The molecule has 1 N–H and O–H groups in total. The van der Waals surface area contributed by atoms with Crippen LogP contribution in [0.5, 0.6) is 0 Å². The Morgan fingerprint density at radius 1 is 1.35 bits per heavy atom. The minimum absolute atomic E-state index is 0.173. The molecule has 0 saturated carbocycles. The molecule has 3 rings (SSSR count). The van der Waals surface area contributed by atoms with Crippen LogP contribution in [-0.2, 0) is 20.1 Å². The summed E-state index contributed by atoms with van der Waals surface area (Å²) in [4.78, 5) is 8.17. The number of nitrogens with zero attached hydrogens (tertiary/aromatic N) is 5. The molecule has 2 aromatic heterocycles. The van der Waals surface area contributed by atoms with Crippen molar-refractivity contribution in [2.24, 2.45) is 7.05 Å². The molecule has 2 aromatic rings. The molecule has 1 aliphatic rings. The van der Waals surface area contributed by atoms with Gasteiger partial charge in [-0.2, -0.15) is 13.9 Å². The summed E-state index contributed by atoms with van der Waals surface area (Å²) >= 11 is 0. The highest BCUT2D eigenvalue weighted by molar-refractivity contribution is 5.47. The third kappa shape index (κ3) is 1.44. The zero-order chi connectivity index (χ0) is 12.0. The Labute approximate surface area is 95.3 Å². The van der Waals surface area contributed by atoms with Gasteiger partial charge in [-0.25, -0.2) is 14.6 Å². The molecule has 90 valence electrons. The molecule has 3 heterocycles. The minimum Gasteiger partial charge on any atom is -0.305 e. The summed E-state index contributed by atoms with van der Waals surface area (Å²) in [6.45, 7) is -1.71. The van der Waals surface area contributed by atoms with Crippen molar-refractivity contribution in [3.05, 3.63) is 17.7 Å². The van der Waals surface area contributed by atoms with Gasteiger partial charge >= 0.3 is 6.55 Å². The molecule has 6 nitrogen and oxygen atoms in total. The Morgan fingerprint density at radius 3 is 2.82 bits per heavy atom. The van der Waals surface area contributed by atoms with Gasteiger partial charge < -0.3 is 5.32 Å². The van der Waals surface area contributed by atoms with Crippen molar-refractivity contribution in [3.63, 3.8) is 0 Å². The molecule has 0 unspecified atom stereocenters. The van der Waals surface area contributed by atoms with E-state index < -0.39 is 6.55 Å². The van der Waals surface area contributed by atoms with Crippen LogP contribution >= 0.6 is 0 Å². The smallest absolute Gasteiger partial charge is 0.305 e. The molecule has 17 heavy (non-hydrogen) atoms. The molecule has 8 heteroatoms. The number of nitrogens with one attached hydrogen (secondary N) is 1. The normalized spacial score (nSPS) is 14.6. The molecule has 0 saturated heterocycles. The maximum atomic E-state index is 13.1. The molecule has 0 radical (unpaired) electrons. The lowest BCUT2D eigenvalue weighted by molar-refractivity contribution is 0.0690. The maximum Gasteiger partial charge on any atom is 0.320 e. The van der Waals surface area contributed by atoms with E-state index in [2.05, 4.69) is 20.4 Å². The number of rotatable bonds is 2. The summed E-state index contributed by atoms with van der Waals surface area (Å²) in [6, 6.07) is 0. The Morgan fingerprint density at radius 2 is 2.18 bits per heavy atom. The summed E-state index contributed by atoms with van der Waals surface area (Å²) in [7, 11) is 1.65. The van der Waals surface area contributed by atoms with Crippen molar-refractivity contribution < 1.29 is 8.78 Å². The van der Waals surface area contributed by atoms with Gasteiger partial charge in [0.15, 0.2) is 11.6 Å². The molecule has 0 bridgehead atoms. The summed E-state index contributed by atoms with van der Waals surface area (Å²) in [5.41, 5.74) is 1.18. The zero-order valence-corrected chi connectivity index (χ0v) is 9.06. The molecular formula is C9H10F2N6. The van der Waals surface area contributed by atoms with Crippen molar-refractivity contribution in [1.82, 2.24) is 29.6 Å². The van der Waals surface area contributed by atoms with Gasteiger partial charge in [-0.15, -0.1) is 0 Å². The summed E-state index contributed by atoms with van der Waals surface area (Å²) in [5.74, 6) is 0.520. The van der Waals surface area contributed by atoms with Gasteiger partial charge in [0.1, 0.15) is 6.33 Å². The molecule has 0 amide bonds. The Kier molecular flexibility index (Phi) is 2.18. The highest BCUT2D eigenvalue weighted by Crippen LogP contribution is 2.28. The van der Waals surface area contributed by atoms with Gasteiger partial charge in [-0.1, -0.05) is 0 Å². The SMILES string of the molecule is Cn1ncnc1-c1nc2c(n1C(F)F)CNC2. The third-order valence-electron chi connectivity index (χ3n) is 2.78. The van der Waals surface area contributed by atoms with E-state index in [4.69, 9.17) is 0 Å². The average molecular weight is 240 g/mol. The molecule has 0 atom stereocenters. The van der Waals surface area contributed by atoms with Gasteiger partial charge in [0.2, 0.25) is 0 Å². The number of aromatic nitrogens is 5.